The maximum atomic E-state index is 12.2. The molecule has 5 nitrogen and oxygen atoms in total. The number of amides is 1. The van der Waals surface area contributed by atoms with Gasteiger partial charge in [-0.25, -0.2) is 0 Å². The number of rotatable bonds is 7. The van der Waals surface area contributed by atoms with Crippen molar-refractivity contribution in [1.29, 1.82) is 0 Å². The summed E-state index contributed by atoms with van der Waals surface area (Å²) in [5.74, 6) is 1.67. The van der Waals surface area contributed by atoms with Crippen LogP contribution in [0.15, 0.2) is 42.1 Å². The summed E-state index contributed by atoms with van der Waals surface area (Å²) in [5, 5.41) is 13.0. The lowest BCUT2D eigenvalue weighted by Crippen LogP contribution is -2.15. The van der Waals surface area contributed by atoms with Gasteiger partial charge < -0.3 is 9.88 Å². The van der Waals surface area contributed by atoms with Gasteiger partial charge in [-0.2, -0.15) is 0 Å². The van der Waals surface area contributed by atoms with Gasteiger partial charge in [-0.1, -0.05) is 54.8 Å². The monoisotopic (exact) mass is 390 g/mol. The van der Waals surface area contributed by atoms with E-state index in [0.29, 0.717) is 23.2 Å². The van der Waals surface area contributed by atoms with Gasteiger partial charge in [-0.3, -0.25) is 4.79 Å². The highest BCUT2D eigenvalue weighted by Gasteiger charge is 2.23. The zero-order valence-corrected chi connectivity index (χ0v) is 16.2. The van der Waals surface area contributed by atoms with Crippen LogP contribution in [0, 0.1) is 0 Å². The van der Waals surface area contributed by atoms with Crippen molar-refractivity contribution in [3.8, 4) is 0 Å². The van der Waals surface area contributed by atoms with E-state index in [1.54, 1.807) is 12.1 Å². The lowest BCUT2D eigenvalue weighted by atomic mass is 9.89. The highest BCUT2D eigenvalue weighted by atomic mass is 35.5. The van der Waals surface area contributed by atoms with E-state index in [0.717, 1.165) is 23.8 Å². The van der Waals surface area contributed by atoms with Gasteiger partial charge in [0.05, 0.1) is 5.75 Å². The molecule has 0 atom stereocenters. The Morgan fingerprint density at radius 2 is 2.15 bits per heavy atom. The summed E-state index contributed by atoms with van der Waals surface area (Å²) < 4.78 is 2.10. The SMILES string of the molecule is C=CCn1c(SCC(=O)Nc2cccc(Cl)c2)nnc1C1CCCCC1. The van der Waals surface area contributed by atoms with Crippen molar-refractivity contribution >= 4 is 35.0 Å². The maximum absolute atomic E-state index is 12.2. The Morgan fingerprint density at radius 1 is 1.35 bits per heavy atom. The number of nitrogens with zero attached hydrogens (tertiary/aromatic N) is 3. The molecule has 1 aromatic carbocycles. The van der Waals surface area contributed by atoms with Crippen LogP contribution >= 0.6 is 23.4 Å². The molecule has 1 aliphatic rings. The normalized spacial score (nSPS) is 15.0. The van der Waals surface area contributed by atoms with Crippen LogP contribution in [0.4, 0.5) is 5.69 Å². The lowest BCUT2D eigenvalue weighted by molar-refractivity contribution is -0.113. The summed E-state index contributed by atoms with van der Waals surface area (Å²) in [4.78, 5) is 12.2. The fourth-order valence-electron chi connectivity index (χ4n) is 3.26. The van der Waals surface area contributed by atoms with Crippen LogP contribution in [0.1, 0.15) is 43.8 Å². The number of thioether (sulfide) groups is 1. The highest BCUT2D eigenvalue weighted by molar-refractivity contribution is 7.99. The molecule has 0 bridgehead atoms. The molecule has 0 unspecified atom stereocenters. The second-order valence-corrected chi connectivity index (χ2v) is 7.80. The Hall–Kier alpha value is -1.79. The number of halogens is 1. The number of benzene rings is 1. The quantitative estimate of drug-likeness (QED) is 0.539. The number of hydrogen-bond acceptors (Lipinski definition) is 4. The highest BCUT2D eigenvalue weighted by Crippen LogP contribution is 2.33. The third-order valence-electron chi connectivity index (χ3n) is 4.47. The molecule has 3 rings (SSSR count). The number of aromatic nitrogens is 3. The summed E-state index contributed by atoms with van der Waals surface area (Å²) in [6.07, 6.45) is 7.97. The molecule has 0 saturated heterocycles. The largest absolute Gasteiger partial charge is 0.325 e. The predicted octanol–water partition coefficient (Wildman–Crippen LogP) is 4.90. The molecule has 1 heterocycles. The molecular formula is C19H23ClN4OS. The smallest absolute Gasteiger partial charge is 0.234 e. The summed E-state index contributed by atoms with van der Waals surface area (Å²) in [5.41, 5.74) is 0.693. The third kappa shape index (κ3) is 4.89. The van der Waals surface area contributed by atoms with E-state index in [-0.39, 0.29) is 11.7 Å². The first-order valence-electron chi connectivity index (χ1n) is 8.89. The Bertz CT molecular complexity index is 771. The maximum Gasteiger partial charge on any atom is 0.234 e. The van der Waals surface area contributed by atoms with Gasteiger partial charge in [-0.05, 0) is 31.0 Å². The molecule has 1 amide bonds. The fourth-order valence-corrected chi connectivity index (χ4v) is 4.21. The molecule has 7 heteroatoms. The minimum absolute atomic E-state index is 0.0929. The predicted molar refractivity (Wildman–Crippen MR) is 107 cm³/mol. The van der Waals surface area contributed by atoms with Crippen LogP contribution in [-0.4, -0.2) is 26.4 Å². The molecule has 1 saturated carbocycles. The van der Waals surface area contributed by atoms with E-state index in [9.17, 15) is 4.79 Å². The first-order chi connectivity index (χ1) is 12.7. The molecule has 0 radical (unpaired) electrons. The molecule has 1 aromatic heterocycles. The number of hydrogen-bond donors (Lipinski definition) is 1. The number of carbonyl (C=O) groups is 1. The Labute approximate surface area is 163 Å². The van der Waals surface area contributed by atoms with E-state index >= 15 is 0 Å². The summed E-state index contributed by atoms with van der Waals surface area (Å²) in [7, 11) is 0. The molecule has 26 heavy (non-hydrogen) atoms. The average Bonchev–Trinajstić information content (AvgIpc) is 3.04. The van der Waals surface area contributed by atoms with Crippen molar-refractivity contribution in [3.63, 3.8) is 0 Å². The second kappa shape index (κ2) is 9.24. The summed E-state index contributed by atoms with van der Waals surface area (Å²) in [6.45, 7) is 4.51. The van der Waals surface area contributed by atoms with E-state index in [1.807, 2.05) is 18.2 Å². The number of allylic oxidation sites excluding steroid dienone is 1. The zero-order valence-electron chi connectivity index (χ0n) is 14.7. The molecule has 0 aliphatic heterocycles. The minimum Gasteiger partial charge on any atom is -0.325 e. The van der Waals surface area contributed by atoms with Crippen LogP contribution in [0.2, 0.25) is 5.02 Å². The molecule has 0 spiro atoms. The summed E-state index contributed by atoms with van der Waals surface area (Å²) in [6, 6.07) is 7.13. The minimum atomic E-state index is -0.0929. The Balaban J connectivity index is 1.64. The van der Waals surface area contributed by atoms with Gasteiger partial charge in [-0.15, -0.1) is 16.8 Å². The zero-order chi connectivity index (χ0) is 18.4. The number of anilines is 1. The van der Waals surface area contributed by atoms with Gasteiger partial charge in [0.1, 0.15) is 5.82 Å². The van der Waals surface area contributed by atoms with Gasteiger partial charge >= 0.3 is 0 Å². The van der Waals surface area contributed by atoms with Crippen molar-refractivity contribution in [2.45, 2.75) is 49.7 Å². The van der Waals surface area contributed by atoms with Crippen molar-refractivity contribution < 1.29 is 4.79 Å². The number of carbonyl (C=O) groups excluding carboxylic acids is 1. The first kappa shape index (κ1) is 19.0. The van der Waals surface area contributed by atoms with Gasteiger partial charge in [0.25, 0.3) is 0 Å². The number of nitrogens with one attached hydrogen (secondary N) is 1. The van der Waals surface area contributed by atoms with Crippen LogP contribution in [-0.2, 0) is 11.3 Å². The van der Waals surface area contributed by atoms with Crippen molar-refractivity contribution in [1.82, 2.24) is 14.8 Å². The van der Waals surface area contributed by atoms with Gasteiger partial charge in [0.2, 0.25) is 5.91 Å². The summed E-state index contributed by atoms with van der Waals surface area (Å²) >= 11 is 7.35. The van der Waals surface area contributed by atoms with Crippen LogP contribution in [0.25, 0.3) is 0 Å². The van der Waals surface area contributed by atoms with Crippen LogP contribution < -0.4 is 5.32 Å². The topological polar surface area (TPSA) is 59.8 Å². The average molecular weight is 391 g/mol. The standard InChI is InChI=1S/C19H23ClN4OS/c1-2-11-24-18(14-7-4-3-5-8-14)22-23-19(24)26-13-17(25)21-16-10-6-9-15(20)12-16/h2,6,9-10,12,14H,1,3-5,7-8,11,13H2,(H,21,25). The molecular weight excluding hydrogens is 368 g/mol. The van der Waals surface area contributed by atoms with Crippen molar-refractivity contribution in [3.05, 3.63) is 47.8 Å². The molecule has 1 fully saturated rings. The second-order valence-electron chi connectivity index (χ2n) is 6.42. The van der Waals surface area contributed by atoms with Crippen LogP contribution in [0.5, 0.6) is 0 Å². The Kier molecular flexibility index (Phi) is 6.74. The molecule has 1 N–H and O–H groups in total. The van der Waals surface area contributed by atoms with Gasteiger partial charge in [0, 0.05) is 23.2 Å². The van der Waals surface area contributed by atoms with E-state index in [2.05, 4.69) is 26.7 Å². The third-order valence-corrected chi connectivity index (χ3v) is 5.67. The van der Waals surface area contributed by atoms with E-state index in [4.69, 9.17) is 11.6 Å². The molecule has 1 aliphatic carbocycles. The molecule has 2 aromatic rings. The fraction of sp³-hybridized carbons (Fsp3) is 0.421. The van der Waals surface area contributed by atoms with Crippen LogP contribution in [0.3, 0.4) is 0 Å². The van der Waals surface area contributed by atoms with Crippen molar-refractivity contribution in [2.24, 2.45) is 0 Å². The van der Waals surface area contributed by atoms with Gasteiger partial charge in [0.15, 0.2) is 5.16 Å². The van der Waals surface area contributed by atoms with E-state index < -0.39 is 0 Å². The van der Waals surface area contributed by atoms with Crippen molar-refractivity contribution in [2.75, 3.05) is 11.1 Å². The Morgan fingerprint density at radius 3 is 2.88 bits per heavy atom. The van der Waals surface area contributed by atoms with E-state index in [1.165, 1.54) is 31.0 Å². The molecule has 138 valence electrons. The lowest BCUT2D eigenvalue weighted by Gasteiger charge is -2.21. The first-order valence-corrected chi connectivity index (χ1v) is 10.3.